The summed E-state index contributed by atoms with van der Waals surface area (Å²) in [6.45, 7) is 1.47. The molecular formula is C11H17ClN2O. The maximum Gasteiger partial charge on any atom is 0.120 e. The standard InChI is InChI=1S/C11H17ClN2O/c1-14(8-13)6-5-9-3-4-10(15-2)7-11(9)12/h3-4,7H,5-6,8,13H2,1-2H3. The lowest BCUT2D eigenvalue weighted by Gasteiger charge is -2.14. The number of nitrogens with zero attached hydrogens (tertiary/aromatic N) is 1. The van der Waals surface area contributed by atoms with Gasteiger partial charge in [-0.1, -0.05) is 17.7 Å². The quantitative estimate of drug-likeness (QED) is 0.781. The second-order valence-electron chi connectivity index (χ2n) is 3.47. The van der Waals surface area contributed by atoms with E-state index >= 15 is 0 Å². The summed E-state index contributed by atoms with van der Waals surface area (Å²) in [7, 11) is 3.62. The van der Waals surface area contributed by atoms with Crippen molar-refractivity contribution in [2.24, 2.45) is 5.73 Å². The lowest BCUT2D eigenvalue weighted by atomic mass is 10.1. The molecule has 0 bridgehead atoms. The minimum absolute atomic E-state index is 0.563. The van der Waals surface area contributed by atoms with Crippen LogP contribution in [-0.2, 0) is 6.42 Å². The van der Waals surface area contributed by atoms with Gasteiger partial charge < -0.3 is 10.5 Å². The summed E-state index contributed by atoms with van der Waals surface area (Å²) in [6, 6.07) is 5.74. The maximum absolute atomic E-state index is 6.11. The molecule has 0 spiro atoms. The Hall–Kier alpha value is -0.770. The van der Waals surface area contributed by atoms with E-state index in [4.69, 9.17) is 22.1 Å². The molecule has 0 radical (unpaired) electrons. The summed E-state index contributed by atoms with van der Waals surface area (Å²) in [5.41, 5.74) is 6.62. The average molecular weight is 229 g/mol. The third-order valence-corrected chi connectivity index (χ3v) is 2.69. The largest absolute Gasteiger partial charge is 0.497 e. The summed E-state index contributed by atoms with van der Waals surface area (Å²) in [5, 5.41) is 0.750. The molecule has 15 heavy (non-hydrogen) atoms. The van der Waals surface area contributed by atoms with Crippen LogP contribution in [0.25, 0.3) is 0 Å². The van der Waals surface area contributed by atoms with E-state index < -0.39 is 0 Å². The number of hydrogen-bond donors (Lipinski definition) is 1. The van der Waals surface area contributed by atoms with Gasteiger partial charge in [-0.25, -0.2) is 0 Å². The molecule has 0 heterocycles. The van der Waals surface area contributed by atoms with Crippen LogP contribution in [0.3, 0.4) is 0 Å². The first-order chi connectivity index (χ1) is 7.17. The Bertz CT molecular complexity index is 317. The van der Waals surface area contributed by atoms with Gasteiger partial charge in [0, 0.05) is 18.2 Å². The second-order valence-corrected chi connectivity index (χ2v) is 3.88. The van der Waals surface area contributed by atoms with Crippen LogP contribution in [0, 0.1) is 0 Å². The van der Waals surface area contributed by atoms with Gasteiger partial charge in [0.25, 0.3) is 0 Å². The molecule has 4 heteroatoms. The van der Waals surface area contributed by atoms with Gasteiger partial charge in [0.05, 0.1) is 7.11 Å². The highest BCUT2D eigenvalue weighted by Crippen LogP contribution is 2.22. The average Bonchev–Trinajstić information content (AvgIpc) is 2.26. The van der Waals surface area contributed by atoms with Crippen molar-refractivity contribution in [3.05, 3.63) is 28.8 Å². The molecule has 3 nitrogen and oxygen atoms in total. The minimum atomic E-state index is 0.563. The highest BCUT2D eigenvalue weighted by Gasteiger charge is 2.03. The molecule has 0 saturated heterocycles. The van der Waals surface area contributed by atoms with Crippen LogP contribution in [0.5, 0.6) is 5.75 Å². The Labute approximate surface area is 95.8 Å². The summed E-state index contributed by atoms with van der Waals surface area (Å²) >= 11 is 6.11. The van der Waals surface area contributed by atoms with Gasteiger partial charge in [0.2, 0.25) is 0 Å². The molecule has 0 aliphatic carbocycles. The van der Waals surface area contributed by atoms with Gasteiger partial charge in [-0.2, -0.15) is 0 Å². The molecule has 1 aromatic carbocycles. The van der Waals surface area contributed by atoms with E-state index in [2.05, 4.69) is 0 Å². The second kappa shape index (κ2) is 5.95. The van der Waals surface area contributed by atoms with E-state index in [1.54, 1.807) is 7.11 Å². The van der Waals surface area contributed by atoms with Crippen molar-refractivity contribution in [3.8, 4) is 5.75 Å². The van der Waals surface area contributed by atoms with E-state index in [0.717, 1.165) is 29.3 Å². The fraction of sp³-hybridized carbons (Fsp3) is 0.455. The molecule has 1 rings (SSSR count). The number of ether oxygens (including phenoxy) is 1. The molecule has 0 aliphatic rings. The van der Waals surface area contributed by atoms with Gasteiger partial charge in [0.1, 0.15) is 5.75 Å². The fourth-order valence-electron chi connectivity index (χ4n) is 1.26. The molecular weight excluding hydrogens is 212 g/mol. The summed E-state index contributed by atoms with van der Waals surface area (Å²) in [6.07, 6.45) is 0.899. The number of benzene rings is 1. The summed E-state index contributed by atoms with van der Waals surface area (Å²) in [4.78, 5) is 2.04. The van der Waals surface area contributed by atoms with Gasteiger partial charge in [-0.3, -0.25) is 4.90 Å². The SMILES string of the molecule is COc1ccc(CCN(C)CN)c(Cl)c1. The molecule has 0 aromatic heterocycles. The van der Waals surface area contributed by atoms with Crippen molar-refractivity contribution >= 4 is 11.6 Å². The fourth-order valence-corrected chi connectivity index (χ4v) is 1.53. The van der Waals surface area contributed by atoms with Crippen LogP contribution in [0.1, 0.15) is 5.56 Å². The highest BCUT2D eigenvalue weighted by molar-refractivity contribution is 6.31. The first kappa shape index (κ1) is 12.3. The van der Waals surface area contributed by atoms with Crippen molar-refractivity contribution in [3.63, 3.8) is 0 Å². The Morgan fingerprint density at radius 3 is 2.73 bits per heavy atom. The monoisotopic (exact) mass is 228 g/mol. The van der Waals surface area contributed by atoms with Crippen molar-refractivity contribution in [2.75, 3.05) is 27.4 Å². The zero-order valence-corrected chi connectivity index (χ0v) is 9.92. The van der Waals surface area contributed by atoms with Gasteiger partial charge in [-0.15, -0.1) is 0 Å². The van der Waals surface area contributed by atoms with Crippen LogP contribution in [-0.4, -0.2) is 32.3 Å². The third kappa shape index (κ3) is 3.70. The number of methoxy groups -OCH3 is 1. The van der Waals surface area contributed by atoms with E-state index in [1.165, 1.54) is 0 Å². The minimum Gasteiger partial charge on any atom is -0.497 e. The first-order valence-electron chi connectivity index (χ1n) is 4.88. The van der Waals surface area contributed by atoms with Crippen molar-refractivity contribution < 1.29 is 4.74 Å². The third-order valence-electron chi connectivity index (χ3n) is 2.33. The van der Waals surface area contributed by atoms with Crippen LogP contribution in [0.2, 0.25) is 5.02 Å². The number of halogens is 1. The predicted molar refractivity (Wildman–Crippen MR) is 63.4 cm³/mol. The van der Waals surface area contributed by atoms with Crippen molar-refractivity contribution in [1.82, 2.24) is 4.90 Å². The van der Waals surface area contributed by atoms with E-state index in [0.29, 0.717) is 6.67 Å². The van der Waals surface area contributed by atoms with Crippen molar-refractivity contribution in [1.29, 1.82) is 0 Å². The van der Waals surface area contributed by atoms with Crippen LogP contribution < -0.4 is 10.5 Å². The van der Waals surface area contributed by atoms with Crippen molar-refractivity contribution in [2.45, 2.75) is 6.42 Å². The van der Waals surface area contributed by atoms with Gasteiger partial charge >= 0.3 is 0 Å². The topological polar surface area (TPSA) is 38.5 Å². The van der Waals surface area contributed by atoms with Gasteiger partial charge in [-0.05, 0) is 31.2 Å². The highest BCUT2D eigenvalue weighted by atomic mass is 35.5. The lowest BCUT2D eigenvalue weighted by molar-refractivity contribution is 0.349. The van der Waals surface area contributed by atoms with E-state index in [9.17, 15) is 0 Å². The smallest absolute Gasteiger partial charge is 0.120 e. The maximum atomic E-state index is 6.11. The molecule has 1 aromatic rings. The lowest BCUT2D eigenvalue weighted by Crippen LogP contribution is -2.27. The molecule has 0 aliphatic heterocycles. The Kier molecular flexibility index (Phi) is 4.88. The number of hydrogen-bond acceptors (Lipinski definition) is 3. The Balaban J connectivity index is 2.62. The zero-order chi connectivity index (χ0) is 11.3. The summed E-state index contributed by atoms with van der Waals surface area (Å²) < 4.78 is 5.08. The van der Waals surface area contributed by atoms with Crippen LogP contribution in [0.4, 0.5) is 0 Å². The molecule has 0 saturated carbocycles. The normalized spacial score (nSPS) is 10.7. The first-order valence-corrected chi connectivity index (χ1v) is 5.26. The van der Waals surface area contributed by atoms with E-state index in [-0.39, 0.29) is 0 Å². The van der Waals surface area contributed by atoms with Crippen LogP contribution in [0.15, 0.2) is 18.2 Å². The molecule has 0 amide bonds. The van der Waals surface area contributed by atoms with Gasteiger partial charge in [0.15, 0.2) is 0 Å². The number of nitrogens with two attached hydrogens (primary N) is 1. The molecule has 2 N–H and O–H groups in total. The molecule has 0 unspecified atom stereocenters. The Morgan fingerprint density at radius 2 is 2.20 bits per heavy atom. The summed E-state index contributed by atoms with van der Waals surface area (Å²) in [5.74, 6) is 0.788. The van der Waals surface area contributed by atoms with E-state index in [1.807, 2.05) is 30.1 Å². The molecule has 0 fully saturated rings. The Morgan fingerprint density at radius 1 is 1.47 bits per heavy atom. The number of likely N-dealkylation sites (N-methyl/N-ethyl adjacent to an activating group) is 1. The van der Waals surface area contributed by atoms with Crippen LogP contribution >= 0.6 is 11.6 Å². The molecule has 0 atom stereocenters. The number of rotatable bonds is 5. The predicted octanol–water partition coefficient (Wildman–Crippen LogP) is 1.74. The molecule has 84 valence electrons. The zero-order valence-electron chi connectivity index (χ0n) is 9.16.